The molecule has 0 aliphatic carbocycles. The maximum atomic E-state index is 12.6. The summed E-state index contributed by atoms with van der Waals surface area (Å²) in [5.74, 6) is -0.692. The van der Waals surface area contributed by atoms with E-state index in [0.29, 0.717) is 5.75 Å². The molecule has 0 amide bonds. The van der Waals surface area contributed by atoms with E-state index in [9.17, 15) is 14.8 Å². The van der Waals surface area contributed by atoms with Crippen LogP contribution < -0.4 is 14.7 Å². The Labute approximate surface area is 170 Å². The Morgan fingerprint density at radius 1 is 1.14 bits per heavy atom. The van der Waals surface area contributed by atoms with Gasteiger partial charge in [-0.15, -0.1) is 11.3 Å². The summed E-state index contributed by atoms with van der Waals surface area (Å²) in [6.07, 6.45) is 3.08. The smallest absolute Gasteiger partial charge is 0.343 e. The third-order valence-electron chi connectivity index (χ3n) is 3.94. The molecule has 2 N–H and O–H groups in total. The van der Waals surface area contributed by atoms with Crippen molar-refractivity contribution in [2.24, 2.45) is 0 Å². The molecule has 2 aromatic carbocycles. The number of thiophene rings is 1. The van der Waals surface area contributed by atoms with Crippen molar-refractivity contribution in [3.8, 4) is 11.5 Å². The summed E-state index contributed by atoms with van der Waals surface area (Å²) in [6, 6.07) is 13.8. The predicted octanol–water partition coefficient (Wildman–Crippen LogP) is 3.28. The summed E-state index contributed by atoms with van der Waals surface area (Å²) >= 11 is 1.49. The van der Waals surface area contributed by atoms with E-state index in [2.05, 4.69) is 0 Å². The van der Waals surface area contributed by atoms with Gasteiger partial charge in [0.25, 0.3) is 0 Å². The second-order valence-electron chi connectivity index (χ2n) is 5.85. The first kappa shape index (κ1) is 20.4. The van der Waals surface area contributed by atoms with Crippen molar-refractivity contribution in [3.05, 3.63) is 87.3 Å². The summed E-state index contributed by atoms with van der Waals surface area (Å²) in [4.78, 5) is 26.1. The molecule has 0 aliphatic heterocycles. The van der Waals surface area contributed by atoms with Crippen LogP contribution in [0, 0.1) is 5.21 Å². The highest BCUT2D eigenvalue weighted by Gasteiger charge is 2.17. The fraction of sp³-hybridized carbons (Fsp3) is 0.0476. The van der Waals surface area contributed by atoms with Crippen LogP contribution in [0.5, 0.6) is 11.5 Å². The van der Waals surface area contributed by atoms with E-state index in [-0.39, 0.29) is 28.3 Å². The number of hydrogen-bond acceptors (Lipinski definition) is 7. The van der Waals surface area contributed by atoms with E-state index in [1.807, 2.05) is 17.5 Å². The standard InChI is InChI=1S/C21H17NO6S/c1-27-16-7-9-18(19(23)10-8-17-6-3-11-29-17)20(13-16)28-21(24)14-4-2-5-15(12-14)22(25)26/h2-13,22,25H,1H3. The number of ether oxygens (including phenoxy) is 2. The minimum Gasteiger partial charge on any atom is -0.595 e. The van der Waals surface area contributed by atoms with Gasteiger partial charge in [0, 0.05) is 23.1 Å². The first-order valence-electron chi connectivity index (χ1n) is 8.47. The average molecular weight is 411 g/mol. The van der Waals surface area contributed by atoms with Crippen LogP contribution in [-0.4, -0.2) is 24.1 Å². The number of ketones is 1. The van der Waals surface area contributed by atoms with E-state index < -0.39 is 11.2 Å². The molecule has 0 radical (unpaired) electrons. The highest BCUT2D eigenvalue weighted by molar-refractivity contribution is 7.10. The van der Waals surface area contributed by atoms with Crippen LogP contribution in [-0.2, 0) is 0 Å². The molecule has 0 spiro atoms. The van der Waals surface area contributed by atoms with Crippen LogP contribution in [0.2, 0.25) is 0 Å². The first-order valence-corrected chi connectivity index (χ1v) is 9.35. The Hall–Kier alpha value is -3.30. The van der Waals surface area contributed by atoms with Gasteiger partial charge in [0.2, 0.25) is 0 Å². The van der Waals surface area contributed by atoms with Gasteiger partial charge in [-0.25, -0.2) is 10.0 Å². The molecule has 0 bridgehead atoms. The second-order valence-corrected chi connectivity index (χ2v) is 6.83. The molecule has 0 aliphatic rings. The zero-order valence-electron chi connectivity index (χ0n) is 15.3. The quantitative estimate of drug-likeness (QED) is 0.203. The maximum Gasteiger partial charge on any atom is 0.343 e. The largest absolute Gasteiger partial charge is 0.595 e. The van der Waals surface area contributed by atoms with Gasteiger partial charge < -0.3 is 14.7 Å². The molecular weight excluding hydrogens is 394 g/mol. The van der Waals surface area contributed by atoms with Crippen molar-refractivity contribution >= 4 is 34.9 Å². The molecule has 8 heteroatoms. The molecular formula is C21H17NO6S. The number of quaternary nitrogens is 1. The molecule has 1 heterocycles. The van der Waals surface area contributed by atoms with Crippen LogP contribution in [0.25, 0.3) is 6.08 Å². The van der Waals surface area contributed by atoms with Crippen molar-refractivity contribution in [2.75, 3.05) is 7.11 Å². The average Bonchev–Trinajstić information content (AvgIpc) is 3.25. The van der Waals surface area contributed by atoms with E-state index in [1.165, 1.54) is 60.9 Å². The van der Waals surface area contributed by atoms with Gasteiger partial charge >= 0.3 is 5.97 Å². The minimum absolute atomic E-state index is 0.0240. The minimum atomic E-state index is -1.16. The third kappa shape index (κ3) is 5.15. The number of esters is 1. The molecule has 3 rings (SSSR count). The van der Waals surface area contributed by atoms with Crippen LogP contribution in [0.4, 0.5) is 5.69 Å². The molecule has 0 saturated carbocycles. The molecule has 0 saturated heterocycles. The number of carbonyl (C=O) groups excluding carboxylic acids is 2. The monoisotopic (exact) mass is 411 g/mol. The normalized spacial score (nSPS) is 12.0. The fourth-order valence-corrected chi connectivity index (χ4v) is 3.11. The zero-order valence-corrected chi connectivity index (χ0v) is 16.1. The zero-order chi connectivity index (χ0) is 20.8. The van der Waals surface area contributed by atoms with Crippen molar-refractivity contribution in [2.45, 2.75) is 0 Å². The summed E-state index contributed by atoms with van der Waals surface area (Å²) in [5.41, 5.74) is 0.196. The van der Waals surface area contributed by atoms with Crippen molar-refractivity contribution < 1.29 is 29.5 Å². The summed E-state index contributed by atoms with van der Waals surface area (Å²) in [7, 11) is 1.45. The number of hydrogen-bond donors (Lipinski definition) is 2. The molecule has 0 fully saturated rings. The molecule has 3 aromatic rings. The topological polar surface area (TPSA) is 100 Å². The molecule has 148 valence electrons. The Balaban J connectivity index is 1.88. The lowest BCUT2D eigenvalue weighted by atomic mass is 10.1. The molecule has 7 nitrogen and oxygen atoms in total. The van der Waals surface area contributed by atoms with Crippen LogP contribution in [0.3, 0.4) is 0 Å². The lowest BCUT2D eigenvalue weighted by Gasteiger charge is -2.13. The Morgan fingerprint density at radius 3 is 2.66 bits per heavy atom. The number of methoxy groups -OCH3 is 1. The Kier molecular flexibility index (Phi) is 6.53. The van der Waals surface area contributed by atoms with Gasteiger partial charge in [-0.1, -0.05) is 12.1 Å². The number of rotatable bonds is 7. The maximum absolute atomic E-state index is 12.6. The summed E-state index contributed by atoms with van der Waals surface area (Å²) in [6.45, 7) is 0. The van der Waals surface area contributed by atoms with Crippen LogP contribution in [0.1, 0.15) is 25.6 Å². The molecule has 1 aromatic heterocycles. The summed E-state index contributed by atoms with van der Waals surface area (Å²) in [5, 5.41) is 20.9. The lowest BCUT2D eigenvalue weighted by Crippen LogP contribution is -2.99. The van der Waals surface area contributed by atoms with Crippen molar-refractivity contribution in [1.82, 2.24) is 0 Å². The second kappa shape index (κ2) is 9.26. The Bertz CT molecular complexity index is 1040. The SMILES string of the molecule is COc1ccc(C(=O)C=Cc2cccs2)c(OC(=O)c2cccc([NH+]([O-])O)c2)c1. The Morgan fingerprint density at radius 2 is 1.97 bits per heavy atom. The third-order valence-corrected chi connectivity index (χ3v) is 4.78. The van der Waals surface area contributed by atoms with Crippen molar-refractivity contribution in [1.29, 1.82) is 0 Å². The van der Waals surface area contributed by atoms with Gasteiger partial charge in [0.15, 0.2) is 11.5 Å². The number of allylic oxidation sites excluding steroid dienone is 1. The first-order chi connectivity index (χ1) is 14.0. The molecule has 1 atom stereocenters. The van der Waals surface area contributed by atoms with Gasteiger partial charge in [-0.3, -0.25) is 4.79 Å². The van der Waals surface area contributed by atoms with E-state index in [0.717, 1.165) is 4.88 Å². The lowest BCUT2D eigenvalue weighted by molar-refractivity contribution is -0.991. The summed E-state index contributed by atoms with van der Waals surface area (Å²) < 4.78 is 10.6. The van der Waals surface area contributed by atoms with E-state index in [4.69, 9.17) is 14.7 Å². The van der Waals surface area contributed by atoms with E-state index >= 15 is 0 Å². The van der Waals surface area contributed by atoms with Crippen LogP contribution in [0.15, 0.2) is 66.1 Å². The number of nitrogens with one attached hydrogen (secondary N) is 1. The molecule has 29 heavy (non-hydrogen) atoms. The van der Waals surface area contributed by atoms with Crippen molar-refractivity contribution in [3.63, 3.8) is 0 Å². The molecule has 1 unspecified atom stereocenters. The van der Waals surface area contributed by atoms with Crippen LogP contribution >= 0.6 is 11.3 Å². The fourth-order valence-electron chi connectivity index (χ4n) is 2.49. The number of carbonyl (C=O) groups is 2. The highest BCUT2D eigenvalue weighted by Crippen LogP contribution is 2.27. The number of benzene rings is 2. The van der Waals surface area contributed by atoms with E-state index in [1.54, 1.807) is 12.1 Å². The predicted molar refractivity (Wildman–Crippen MR) is 108 cm³/mol. The van der Waals surface area contributed by atoms with Gasteiger partial charge in [-0.2, -0.15) is 5.23 Å². The van der Waals surface area contributed by atoms with Gasteiger partial charge in [-0.05, 0) is 41.8 Å². The van der Waals surface area contributed by atoms with Gasteiger partial charge in [0.05, 0.1) is 18.2 Å². The van der Waals surface area contributed by atoms with Gasteiger partial charge in [0.1, 0.15) is 11.5 Å². The highest BCUT2D eigenvalue weighted by atomic mass is 32.1.